The number of carbonyl (C=O) groups excluding carboxylic acids is 1. The zero-order valence-electron chi connectivity index (χ0n) is 19.5. The summed E-state index contributed by atoms with van der Waals surface area (Å²) in [4.78, 5) is 19.5. The number of amides is 1. The number of hydrazone groups is 1. The number of nitrogens with one attached hydrogen (secondary N) is 1. The van der Waals surface area contributed by atoms with Crippen molar-refractivity contribution in [2.45, 2.75) is 21.9 Å². The van der Waals surface area contributed by atoms with Crippen molar-refractivity contribution in [3.63, 3.8) is 0 Å². The Morgan fingerprint density at radius 1 is 1.00 bits per heavy atom. The highest BCUT2D eigenvalue weighted by atomic mass is 32.2. The molecule has 0 saturated carbocycles. The van der Waals surface area contributed by atoms with Crippen molar-refractivity contribution < 1.29 is 21.6 Å². The number of rotatable bonds is 7. The van der Waals surface area contributed by atoms with Gasteiger partial charge in [0.05, 0.1) is 11.1 Å². The third kappa shape index (κ3) is 6.06. The molecule has 2 saturated heterocycles. The van der Waals surface area contributed by atoms with E-state index in [1.165, 1.54) is 34.8 Å². The molecule has 35 heavy (non-hydrogen) atoms. The van der Waals surface area contributed by atoms with Gasteiger partial charge < -0.3 is 4.90 Å². The van der Waals surface area contributed by atoms with Gasteiger partial charge in [0.25, 0.3) is 15.9 Å². The second-order valence-electron chi connectivity index (χ2n) is 8.55. The van der Waals surface area contributed by atoms with Gasteiger partial charge in [0.2, 0.25) is 0 Å². The minimum Gasteiger partial charge on any atom is -0.304 e. The molecule has 2 aromatic rings. The first-order chi connectivity index (χ1) is 16.5. The fourth-order valence-corrected chi connectivity index (χ4v) is 7.02. The maximum atomic E-state index is 13.2. The summed E-state index contributed by atoms with van der Waals surface area (Å²) in [5, 5.41) is 9.11. The molecule has 0 aliphatic carbocycles. The van der Waals surface area contributed by atoms with Crippen LogP contribution in [0.5, 0.6) is 0 Å². The van der Waals surface area contributed by atoms with Gasteiger partial charge in [0.1, 0.15) is 0 Å². The number of benzene rings is 1. The maximum Gasteiger partial charge on any atom is 0.278 e. The maximum absolute atomic E-state index is 13.2. The van der Waals surface area contributed by atoms with Gasteiger partial charge >= 0.3 is 0 Å². The molecule has 4 rings (SSSR count). The zero-order chi connectivity index (χ0) is 25.2. The van der Waals surface area contributed by atoms with Crippen LogP contribution >= 0.6 is 11.3 Å². The van der Waals surface area contributed by atoms with Crippen molar-refractivity contribution in [1.29, 1.82) is 0 Å². The molecule has 190 valence electrons. The van der Waals surface area contributed by atoms with Gasteiger partial charge in [0.15, 0.2) is 24.9 Å². The minimum absolute atomic E-state index is 0.0629. The molecule has 0 spiro atoms. The van der Waals surface area contributed by atoms with E-state index in [0.717, 1.165) is 30.4 Å². The Kier molecular flexibility index (Phi) is 7.57. The van der Waals surface area contributed by atoms with Crippen LogP contribution in [0.4, 0.5) is 5.13 Å². The summed E-state index contributed by atoms with van der Waals surface area (Å²) >= 11 is 0.890. The van der Waals surface area contributed by atoms with E-state index >= 15 is 0 Å². The van der Waals surface area contributed by atoms with Gasteiger partial charge in [-0.1, -0.05) is 23.5 Å². The summed E-state index contributed by atoms with van der Waals surface area (Å²) in [6, 6.07) is 5.94. The quantitative estimate of drug-likeness (QED) is 0.513. The van der Waals surface area contributed by atoms with E-state index in [0.29, 0.717) is 44.8 Å². The van der Waals surface area contributed by atoms with E-state index < -0.39 is 25.8 Å². The molecule has 2 aliphatic heterocycles. The van der Waals surface area contributed by atoms with Crippen molar-refractivity contribution in [3.8, 4) is 0 Å². The molecule has 11 nitrogen and oxygen atoms in total. The molecule has 0 unspecified atom stereocenters. The molecular weight excluding hydrogens is 512 g/mol. The summed E-state index contributed by atoms with van der Waals surface area (Å²) in [7, 11) is -5.13. The monoisotopic (exact) mass is 540 g/mol. The standard InChI is InChI=1S/C21H28N6O5S3/c1-25-11-13-27(14-12-25)35(31,32)18-15-22-21(33-18)23-20(28)19(24-26-9-3-4-10-26)16-5-7-17(8-6-16)34(2,29)30/h5-8,15H,3-4,9-14H2,1-2H3,(H,22,23,28)/b24-19-. The SMILES string of the molecule is CN1CCN(S(=O)(=O)c2cnc(NC(=O)/C(=N\N3CCCC3)c3ccc(S(C)(=O)=O)cc3)s2)CC1. The normalized spacial score (nSPS) is 18.7. The van der Waals surface area contributed by atoms with Crippen molar-refractivity contribution in [3.05, 3.63) is 36.0 Å². The Bertz CT molecular complexity index is 1310. The highest BCUT2D eigenvalue weighted by molar-refractivity contribution is 7.91. The second-order valence-corrected chi connectivity index (χ2v) is 13.8. The van der Waals surface area contributed by atoms with Crippen molar-refractivity contribution in [2.75, 3.05) is 57.9 Å². The third-order valence-electron chi connectivity index (χ3n) is 5.86. The Balaban J connectivity index is 1.55. The van der Waals surface area contributed by atoms with E-state index in [-0.39, 0.29) is 19.9 Å². The van der Waals surface area contributed by atoms with Crippen LogP contribution in [-0.4, -0.2) is 100 Å². The molecule has 1 N–H and O–H groups in total. The van der Waals surface area contributed by atoms with Gasteiger partial charge in [-0.15, -0.1) is 0 Å². The van der Waals surface area contributed by atoms with Crippen LogP contribution < -0.4 is 5.32 Å². The number of likely N-dealkylation sites (N-methyl/N-ethyl adjacent to an activating group) is 1. The molecule has 0 bridgehead atoms. The Hall–Kier alpha value is -2.39. The number of sulfone groups is 1. The number of nitrogens with zero attached hydrogens (tertiary/aromatic N) is 5. The topological polar surface area (TPSA) is 132 Å². The van der Waals surface area contributed by atoms with E-state index in [4.69, 9.17) is 0 Å². The lowest BCUT2D eigenvalue weighted by atomic mass is 10.1. The third-order valence-corrected chi connectivity index (χ3v) is 10.2. The van der Waals surface area contributed by atoms with E-state index in [9.17, 15) is 21.6 Å². The van der Waals surface area contributed by atoms with E-state index in [1.54, 1.807) is 5.01 Å². The predicted molar refractivity (Wildman–Crippen MR) is 134 cm³/mol. The van der Waals surface area contributed by atoms with Gasteiger partial charge in [-0.3, -0.25) is 15.1 Å². The summed E-state index contributed by atoms with van der Waals surface area (Å²) in [5.74, 6) is -0.554. The number of thiazole rings is 1. The lowest BCUT2D eigenvalue weighted by molar-refractivity contribution is -0.110. The summed E-state index contributed by atoms with van der Waals surface area (Å²) in [6.07, 6.45) is 4.30. The molecule has 2 aliphatic rings. The highest BCUT2D eigenvalue weighted by Crippen LogP contribution is 2.27. The molecule has 1 aromatic heterocycles. The Morgan fingerprint density at radius 2 is 1.63 bits per heavy atom. The first kappa shape index (κ1) is 25.7. The zero-order valence-corrected chi connectivity index (χ0v) is 22.0. The largest absolute Gasteiger partial charge is 0.304 e. The van der Waals surface area contributed by atoms with Gasteiger partial charge in [-0.05, 0) is 32.0 Å². The van der Waals surface area contributed by atoms with Crippen LogP contribution in [0.25, 0.3) is 0 Å². The number of aromatic nitrogens is 1. The average molecular weight is 541 g/mol. The molecule has 0 radical (unpaired) electrons. The summed E-state index contributed by atoms with van der Waals surface area (Å²) in [6.45, 7) is 3.51. The number of piperazine rings is 1. The van der Waals surface area contributed by atoms with Crippen molar-refractivity contribution >= 4 is 47.9 Å². The molecule has 3 heterocycles. The molecule has 1 aromatic carbocycles. The lowest BCUT2D eigenvalue weighted by Crippen LogP contribution is -2.46. The van der Waals surface area contributed by atoms with E-state index in [1.807, 2.05) is 7.05 Å². The fourth-order valence-electron chi connectivity index (χ4n) is 3.78. The van der Waals surface area contributed by atoms with Gasteiger partial charge in [-0.25, -0.2) is 21.8 Å². The van der Waals surface area contributed by atoms with Crippen LogP contribution in [0.15, 0.2) is 44.7 Å². The van der Waals surface area contributed by atoms with Crippen LogP contribution in [0.2, 0.25) is 0 Å². The van der Waals surface area contributed by atoms with Gasteiger partial charge in [0, 0.05) is 51.1 Å². The Morgan fingerprint density at radius 3 is 2.23 bits per heavy atom. The van der Waals surface area contributed by atoms with Gasteiger partial charge in [-0.2, -0.15) is 9.41 Å². The molecule has 14 heteroatoms. The number of hydrogen-bond acceptors (Lipinski definition) is 10. The number of sulfonamides is 1. The van der Waals surface area contributed by atoms with Crippen LogP contribution in [0, 0.1) is 0 Å². The first-order valence-electron chi connectivity index (χ1n) is 11.1. The predicted octanol–water partition coefficient (Wildman–Crippen LogP) is 0.921. The fraction of sp³-hybridized carbons (Fsp3) is 0.476. The highest BCUT2D eigenvalue weighted by Gasteiger charge is 2.30. The smallest absolute Gasteiger partial charge is 0.278 e. The van der Waals surface area contributed by atoms with Crippen LogP contribution in [0.3, 0.4) is 0 Å². The molecule has 2 fully saturated rings. The average Bonchev–Trinajstić information content (AvgIpc) is 3.50. The van der Waals surface area contributed by atoms with Crippen LogP contribution in [0.1, 0.15) is 18.4 Å². The van der Waals surface area contributed by atoms with E-state index in [2.05, 4.69) is 20.3 Å². The summed E-state index contributed by atoms with van der Waals surface area (Å²) in [5.41, 5.74) is 0.550. The number of anilines is 1. The minimum atomic E-state index is -3.69. The molecule has 1 amide bonds. The van der Waals surface area contributed by atoms with Crippen LogP contribution in [-0.2, 0) is 24.7 Å². The van der Waals surface area contributed by atoms with Crippen molar-refractivity contribution in [2.24, 2.45) is 5.10 Å². The number of carbonyl (C=O) groups is 1. The van der Waals surface area contributed by atoms with Crippen molar-refractivity contribution in [1.82, 2.24) is 19.2 Å². The number of hydrogen-bond donors (Lipinski definition) is 1. The first-order valence-corrected chi connectivity index (χ1v) is 15.3. The lowest BCUT2D eigenvalue weighted by Gasteiger charge is -2.30. The molecule has 0 atom stereocenters. The second kappa shape index (κ2) is 10.3. The molecular formula is C21H28N6O5S3. The summed E-state index contributed by atoms with van der Waals surface area (Å²) < 4.78 is 51.0. The Labute approximate surface area is 209 Å².